The third kappa shape index (κ3) is 3.32. The lowest BCUT2D eigenvalue weighted by Crippen LogP contribution is -2.25. The fourth-order valence-corrected chi connectivity index (χ4v) is 3.32. The highest BCUT2D eigenvalue weighted by atomic mass is 19.1. The number of aryl methyl sites for hydroxylation is 1. The van der Waals surface area contributed by atoms with E-state index in [1.165, 1.54) is 11.9 Å². The van der Waals surface area contributed by atoms with Crippen LogP contribution in [0.2, 0.25) is 0 Å². The van der Waals surface area contributed by atoms with Gasteiger partial charge in [0, 0.05) is 25.0 Å². The average molecular weight is 315 g/mol. The highest BCUT2D eigenvalue weighted by Gasteiger charge is 2.33. The van der Waals surface area contributed by atoms with E-state index >= 15 is 0 Å². The van der Waals surface area contributed by atoms with Crippen molar-refractivity contribution in [2.24, 2.45) is 5.92 Å². The van der Waals surface area contributed by atoms with Crippen LogP contribution in [0.1, 0.15) is 30.6 Å². The summed E-state index contributed by atoms with van der Waals surface area (Å²) in [6.07, 6.45) is 6.75. The second-order valence-corrected chi connectivity index (χ2v) is 5.98. The molecule has 1 aliphatic heterocycles. The minimum Gasteiger partial charge on any atom is -0.367 e. The smallest absolute Gasteiger partial charge is 0.186 e. The van der Waals surface area contributed by atoms with Crippen LogP contribution in [0.15, 0.2) is 30.9 Å². The second kappa shape index (κ2) is 7.00. The van der Waals surface area contributed by atoms with Gasteiger partial charge in [-0.15, -0.1) is 0 Å². The molecule has 1 N–H and O–H groups in total. The molecule has 0 amide bonds. The van der Waals surface area contributed by atoms with Gasteiger partial charge in [0.15, 0.2) is 11.6 Å². The summed E-state index contributed by atoms with van der Waals surface area (Å²) in [7, 11) is 2.12. The van der Waals surface area contributed by atoms with Crippen molar-refractivity contribution in [2.75, 3.05) is 25.5 Å². The minimum absolute atomic E-state index is 0.298. The molecule has 1 fully saturated rings. The predicted octanol–water partition coefficient (Wildman–Crippen LogP) is 2.68. The third-order valence-electron chi connectivity index (χ3n) is 4.53. The second-order valence-electron chi connectivity index (χ2n) is 5.98. The first-order chi connectivity index (χ1) is 11.2. The van der Waals surface area contributed by atoms with Crippen LogP contribution < -0.4 is 5.32 Å². The fraction of sp³-hybridized carbons (Fsp3) is 0.471. The van der Waals surface area contributed by atoms with Gasteiger partial charge in [-0.05, 0) is 44.0 Å². The van der Waals surface area contributed by atoms with Gasteiger partial charge in [-0.1, -0.05) is 13.0 Å². The summed E-state index contributed by atoms with van der Waals surface area (Å²) in [5.74, 6) is 0.360. The Balaban J connectivity index is 1.72. The van der Waals surface area contributed by atoms with Gasteiger partial charge in [0.25, 0.3) is 0 Å². The van der Waals surface area contributed by atoms with Crippen molar-refractivity contribution in [1.29, 1.82) is 0 Å². The summed E-state index contributed by atoms with van der Waals surface area (Å²) < 4.78 is 14.2. The number of likely N-dealkylation sites (tertiary alicyclic amines) is 1. The van der Waals surface area contributed by atoms with Crippen LogP contribution in [0, 0.1) is 11.7 Å². The van der Waals surface area contributed by atoms with Crippen molar-refractivity contribution in [3.63, 3.8) is 0 Å². The lowest BCUT2D eigenvalue weighted by Gasteiger charge is -2.25. The summed E-state index contributed by atoms with van der Waals surface area (Å²) in [4.78, 5) is 14.6. The van der Waals surface area contributed by atoms with E-state index < -0.39 is 0 Å². The number of nitrogens with one attached hydrogen (secondary N) is 1. The lowest BCUT2D eigenvalue weighted by molar-refractivity contribution is 0.281. The van der Waals surface area contributed by atoms with E-state index in [9.17, 15) is 4.39 Å². The zero-order chi connectivity index (χ0) is 16.2. The summed E-state index contributed by atoms with van der Waals surface area (Å²) in [5, 5.41) is 3.18. The molecule has 0 radical (unpaired) electrons. The first kappa shape index (κ1) is 15.8. The number of halogens is 1. The Hall–Kier alpha value is -2.08. The molecule has 3 heterocycles. The molecule has 0 spiro atoms. The molecular formula is C17H22FN5. The van der Waals surface area contributed by atoms with E-state index in [4.69, 9.17) is 0 Å². The van der Waals surface area contributed by atoms with Crippen molar-refractivity contribution < 1.29 is 4.39 Å². The number of aromatic nitrogens is 3. The molecule has 2 atom stereocenters. The number of anilines is 1. The number of hydrogen-bond acceptors (Lipinski definition) is 5. The summed E-state index contributed by atoms with van der Waals surface area (Å²) in [5.41, 5.74) is 1.66. The molecule has 5 nitrogen and oxygen atoms in total. The Labute approximate surface area is 136 Å². The molecule has 0 saturated carbocycles. The van der Waals surface area contributed by atoms with Gasteiger partial charge in [-0.25, -0.2) is 14.4 Å². The summed E-state index contributed by atoms with van der Waals surface area (Å²) >= 11 is 0. The van der Waals surface area contributed by atoms with Crippen molar-refractivity contribution in [2.45, 2.75) is 25.8 Å². The molecule has 1 aliphatic rings. The molecule has 0 bridgehead atoms. The van der Waals surface area contributed by atoms with E-state index in [0.717, 1.165) is 13.0 Å². The molecule has 122 valence electrons. The van der Waals surface area contributed by atoms with Crippen LogP contribution in [-0.4, -0.2) is 40.0 Å². The first-order valence-electron chi connectivity index (χ1n) is 8.04. The zero-order valence-electron chi connectivity index (χ0n) is 13.5. The van der Waals surface area contributed by atoms with Crippen molar-refractivity contribution in [3.05, 3.63) is 47.9 Å². The zero-order valence-corrected chi connectivity index (χ0v) is 13.5. The molecule has 1 saturated heterocycles. The molecule has 0 unspecified atom stereocenters. The Morgan fingerprint density at radius 3 is 3.00 bits per heavy atom. The average Bonchev–Trinajstić information content (AvgIpc) is 2.95. The number of hydrogen-bond donors (Lipinski definition) is 1. The van der Waals surface area contributed by atoms with E-state index in [1.807, 2.05) is 19.2 Å². The van der Waals surface area contributed by atoms with E-state index in [-0.39, 0.29) is 5.82 Å². The summed E-state index contributed by atoms with van der Waals surface area (Å²) in [6, 6.07) is 4.36. The maximum Gasteiger partial charge on any atom is 0.186 e. The quantitative estimate of drug-likeness (QED) is 0.919. The Kier molecular flexibility index (Phi) is 4.81. The van der Waals surface area contributed by atoms with E-state index in [0.29, 0.717) is 36.4 Å². The number of nitrogens with zero attached hydrogens (tertiary/aromatic N) is 4. The molecular weight excluding hydrogens is 293 g/mol. The maximum atomic E-state index is 14.2. The topological polar surface area (TPSA) is 53.9 Å². The molecule has 3 rings (SSSR count). The molecule has 23 heavy (non-hydrogen) atoms. The Morgan fingerprint density at radius 1 is 1.39 bits per heavy atom. The molecule has 0 aliphatic carbocycles. The Morgan fingerprint density at radius 2 is 2.26 bits per heavy atom. The fourth-order valence-electron chi connectivity index (χ4n) is 3.32. The van der Waals surface area contributed by atoms with Crippen molar-refractivity contribution >= 4 is 5.82 Å². The van der Waals surface area contributed by atoms with Crippen molar-refractivity contribution in [3.8, 4) is 0 Å². The normalized spacial score (nSPS) is 21.5. The van der Waals surface area contributed by atoms with Gasteiger partial charge in [-0.2, -0.15) is 0 Å². The SMILES string of the molecule is CCc1ncnc(NC[C@@H]2CCN(C)[C@H]2c2cccnc2)c1F. The maximum absolute atomic E-state index is 14.2. The standard InChI is InChI=1S/C17H22FN5/c1-3-14-15(18)17(22-11-21-14)20-10-13-6-8-23(2)16(13)12-5-4-7-19-9-12/h4-5,7,9,11,13,16H,3,6,8,10H2,1-2H3,(H,20,21,22)/t13-,16-/m0/s1. The van der Waals surface area contributed by atoms with Crippen LogP contribution >= 0.6 is 0 Å². The number of pyridine rings is 1. The Bertz CT molecular complexity index is 649. The minimum atomic E-state index is -0.334. The van der Waals surface area contributed by atoms with Gasteiger partial charge >= 0.3 is 0 Å². The summed E-state index contributed by atoms with van der Waals surface area (Å²) in [6.45, 7) is 3.60. The molecule has 0 aromatic carbocycles. The van der Waals surface area contributed by atoms with Gasteiger partial charge in [0.1, 0.15) is 6.33 Å². The molecule has 6 heteroatoms. The van der Waals surface area contributed by atoms with E-state index in [2.05, 4.69) is 38.3 Å². The predicted molar refractivity (Wildman–Crippen MR) is 87.6 cm³/mol. The van der Waals surface area contributed by atoms with Gasteiger partial charge in [0.05, 0.1) is 5.69 Å². The third-order valence-corrected chi connectivity index (χ3v) is 4.53. The van der Waals surface area contributed by atoms with Crippen LogP contribution in [0.4, 0.5) is 10.2 Å². The number of rotatable bonds is 5. The monoisotopic (exact) mass is 315 g/mol. The van der Waals surface area contributed by atoms with Crippen molar-refractivity contribution in [1.82, 2.24) is 19.9 Å². The highest BCUT2D eigenvalue weighted by Crippen LogP contribution is 2.35. The highest BCUT2D eigenvalue weighted by molar-refractivity contribution is 5.37. The molecule has 2 aromatic heterocycles. The van der Waals surface area contributed by atoms with Gasteiger partial charge < -0.3 is 5.32 Å². The van der Waals surface area contributed by atoms with Crippen LogP contribution in [0.5, 0.6) is 0 Å². The van der Waals surface area contributed by atoms with Gasteiger partial charge in [-0.3, -0.25) is 9.88 Å². The molecule has 2 aromatic rings. The largest absolute Gasteiger partial charge is 0.367 e. The van der Waals surface area contributed by atoms with Gasteiger partial charge in [0.2, 0.25) is 0 Å². The van der Waals surface area contributed by atoms with E-state index in [1.54, 1.807) is 6.20 Å². The van der Waals surface area contributed by atoms with Crippen LogP contribution in [0.3, 0.4) is 0 Å². The first-order valence-corrected chi connectivity index (χ1v) is 8.04. The van der Waals surface area contributed by atoms with Crippen LogP contribution in [-0.2, 0) is 6.42 Å². The lowest BCUT2D eigenvalue weighted by atomic mass is 9.95. The van der Waals surface area contributed by atoms with Crippen LogP contribution in [0.25, 0.3) is 0 Å².